The second kappa shape index (κ2) is 8.06. The molecule has 0 aromatic heterocycles. The van der Waals surface area contributed by atoms with Crippen molar-refractivity contribution in [1.82, 2.24) is 5.32 Å². The van der Waals surface area contributed by atoms with Gasteiger partial charge in [0.1, 0.15) is 0 Å². The number of carbonyl (C=O) groups is 2. The first-order valence-electron chi connectivity index (χ1n) is 5.56. The van der Waals surface area contributed by atoms with Gasteiger partial charge in [-0.2, -0.15) is 11.8 Å². The molecule has 5 nitrogen and oxygen atoms in total. The van der Waals surface area contributed by atoms with Crippen molar-refractivity contribution in [2.45, 2.75) is 12.5 Å². The van der Waals surface area contributed by atoms with Crippen LogP contribution in [0.2, 0.25) is 0 Å². The van der Waals surface area contributed by atoms with Crippen LogP contribution < -0.4 is 15.7 Å². The van der Waals surface area contributed by atoms with Gasteiger partial charge >= 0.3 is 6.03 Å². The quantitative estimate of drug-likeness (QED) is 0.817. The number of urea groups is 1. The van der Waals surface area contributed by atoms with E-state index in [1.165, 1.54) is 11.8 Å². The Labute approximate surface area is 124 Å². The van der Waals surface area contributed by atoms with E-state index in [0.29, 0.717) is 17.9 Å². The molecule has 0 aliphatic heterocycles. The third-order valence-corrected chi connectivity index (χ3v) is 3.42. The second-order valence-corrected chi connectivity index (χ2v) is 5.66. The first kappa shape index (κ1) is 15.8. The Morgan fingerprint density at radius 3 is 2.79 bits per heavy atom. The van der Waals surface area contributed by atoms with Gasteiger partial charge in [0.25, 0.3) is 0 Å². The zero-order valence-electron chi connectivity index (χ0n) is 10.3. The molecular formula is C12H14BrN2O3S-. The molecule has 0 fully saturated rings. The standard InChI is InChI=1S/C12H15BrN2O3S/c1-19-6-5-10(11(16)17)15-12(18)14-9-4-2-3-8(13)7-9/h2-4,7,10H,5-6H2,1H3,(H,16,17)(H2,14,15,18)/p-1/t10-/m1/s1. The predicted octanol–water partition coefficient (Wildman–Crippen LogP) is 1.44. The zero-order chi connectivity index (χ0) is 14.3. The smallest absolute Gasteiger partial charge is 0.319 e. The SMILES string of the molecule is CSCC[C@@H](NC(=O)Nc1cccc(Br)c1)C(=O)[O-]. The number of anilines is 1. The summed E-state index contributed by atoms with van der Waals surface area (Å²) in [5.74, 6) is -0.644. The van der Waals surface area contributed by atoms with Crippen molar-refractivity contribution in [3.63, 3.8) is 0 Å². The molecule has 1 rings (SSSR count). The molecular weight excluding hydrogens is 332 g/mol. The summed E-state index contributed by atoms with van der Waals surface area (Å²) in [6.45, 7) is 0. The van der Waals surface area contributed by atoms with Gasteiger partial charge in [0.05, 0.1) is 12.0 Å². The fourth-order valence-corrected chi connectivity index (χ4v) is 2.25. The van der Waals surface area contributed by atoms with E-state index in [1.54, 1.807) is 18.2 Å². The summed E-state index contributed by atoms with van der Waals surface area (Å²) < 4.78 is 0.823. The van der Waals surface area contributed by atoms with Crippen LogP contribution in [0.5, 0.6) is 0 Å². The van der Waals surface area contributed by atoms with Gasteiger partial charge in [-0.1, -0.05) is 22.0 Å². The van der Waals surface area contributed by atoms with E-state index in [-0.39, 0.29) is 0 Å². The maximum Gasteiger partial charge on any atom is 0.319 e. The molecule has 0 heterocycles. The molecule has 1 aromatic carbocycles. The average molecular weight is 346 g/mol. The Hall–Kier alpha value is -1.21. The molecule has 0 aliphatic carbocycles. The number of carboxylic acids is 1. The van der Waals surface area contributed by atoms with E-state index < -0.39 is 18.0 Å². The highest BCUT2D eigenvalue weighted by Gasteiger charge is 2.13. The summed E-state index contributed by atoms with van der Waals surface area (Å²) >= 11 is 4.79. The molecule has 2 N–H and O–H groups in total. The molecule has 0 spiro atoms. The van der Waals surface area contributed by atoms with Gasteiger partial charge < -0.3 is 20.5 Å². The minimum absolute atomic E-state index is 0.329. The Morgan fingerprint density at radius 2 is 2.21 bits per heavy atom. The van der Waals surface area contributed by atoms with Gasteiger partial charge in [-0.3, -0.25) is 0 Å². The van der Waals surface area contributed by atoms with Crippen LogP contribution in [0.3, 0.4) is 0 Å². The number of carboxylic acid groups (broad SMARTS) is 1. The number of halogens is 1. The first-order valence-corrected chi connectivity index (χ1v) is 7.74. The Bertz CT molecular complexity index is 456. The van der Waals surface area contributed by atoms with Crippen molar-refractivity contribution in [2.24, 2.45) is 0 Å². The van der Waals surface area contributed by atoms with Crippen molar-refractivity contribution >= 4 is 45.4 Å². The van der Waals surface area contributed by atoms with E-state index in [9.17, 15) is 14.7 Å². The van der Waals surface area contributed by atoms with Crippen LogP contribution in [-0.4, -0.2) is 30.1 Å². The highest BCUT2D eigenvalue weighted by Crippen LogP contribution is 2.15. The normalized spacial score (nSPS) is 11.7. The average Bonchev–Trinajstić information content (AvgIpc) is 2.34. The molecule has 7 heteroatoms. The van der Waals surface area contributed by atoms with Crippen molar-refractivity contribution < 1.29 is 14.7 Å². The van der Waals surface area contributed by atoms with Crippen molar-refractivity contribution in [3.8, 4) is 0 Å². The van der Waals surface area contributed by atoms with E-state index >= 15 is 0 Å². The summed E-state index contributed by atoms with van der Waals surface area (Å²) in [6.07, 6.45) is 2.20. The molecule has 2 amide bonds. The van der Waals surface area contributed by atoms with Crippen LogP contribution in [0, 0.1) is 0 Å². The minimum Gasteiger partial charge on any atom is -0.548 e. The lowest BCUT2D eigenvalue weighted by molar-refractivity contribution is -0.308. The van der Waals surface area contributed by atoms with E-state index in [1.807, 2.05) is 12.3 Å². The Balaban J connectivity index is 2.55. The summed E-state index contributed by atoms with van der Waals surface area (Å²) in [5, 5.41) is 15.8. The van der Waals surface area contributed by atoms with E-state index in [2.05, 4.69) is 26.6 Å². The van der Waals surface area contributed by atoms with Crippen LogP contribution in [0.25, 0.3) is 0 Å². The van der Waals surface area contributed by atoms with Gasteiger partial charge in [-0.15, -0.1) is 0 Å². The number of nitrogens with one attached hydrogen (secondary N) is 2. The molecule has 0 saturated heterocycles. The third-order valence-electron chi connectivity index (χ3n) is 2.28. The molecule has 0 aliphatic rings. The Kier molecular flexibility index (Phi) is 6.72. The van der Waals surface area contributed by atoms with Crippen LogP contribution in [-0.2, 0) is 4.79 Å². The molecule has 0 unspecified atom stereocenters. The molecule has 1 atom stereocenters. The monoisotopic (exact) mass is 345 g/mol. The molecule has 0 saturated carbocycles. The summed E-state index contributed by atoms with van der Waals surface area (Å²) in [6, 6.07) is 5.47. The lowest BCUT2D eigenvalue weighted by Crippen LogP contribution is -2.49. The second-order valence-electron chi connectivity index (χ2n) is 3.76. The van der Waals surface area contributed by atoms with Crippen LogP contribution in [0.15, 0.2) is 28.7 Å². The number of hydrogen-bond donors (Lipinski definition) is 2. The number of carbonyl (C=O) groups excluding carboxylic acids is 2. The highest BCUT2D eigenvalue weighted by molar-refractivity contribution is 9.10. The first-order chi connectivity index (χ1) is 9.02. The summed E-state index contributed by atoms with van der Waals surface area (Å²) in [7, 11) is 0. The van der Waals surface area contributed by atoms with E-state index in [4.69, 9.17) is 0 Å². The number of thioether (sulfide) groups is 1. The topological polar surface area (TPSA) is 81.3 Å². The lowest BCUT2D eigenvalue weighted by atomic mass is 10.2. The number of amides is 2. The molecule has 0 radical (unpaired) electrons. The number of rotatable bonds is 6. The zero-order valence-corrected chi connectivity index (χ0v) is 12.7. The predicted molar refractivity (Wildman–Crippen MR) is 78.1 cm³/mol. The fourth-order valence-electron chi connectivity index (χ4n) is 1.38. The van der Waals surface area contributed by atoms with Crippen molar-refractivity contribution in [2.75, 3.05) is 17.3 Å². The van der Waals surface area contributed by atoms with Gasteiger partial charge in [0, 0.05) is 10.2 Å². The fraction of sp³-hybridized carbons (Fsp3) is 0.333. The van der Waals surface area contributed by atoms with Gasteiger partial charge in [-0.05, 0) is 36.6 Å². The van der Waals surface area contributed by atoms with Crippen LogP contribution in [0.4, 0.5) is 10.5 Å². The van der Waals surface area contributed by atoms with Gasteiger partial charge in [-0.25, -0.2) is 4.79 Å². The number of benzene rings is 1. The van der Waals surface area contributed by atoms with E-state index in [0.717, 1.165) is 4.47 Å². The highest BCUT2D eigenvalue weighted by atomic mass is 79.9. The largest absolute Gasteiger partial charge is 0.548 e. The summed E-state index contributed by atoms with van der Waals surface area (Å²) in [5.41, 5.74) is 0.578. The molecule has 104 valence electrons. The molecule has 19 heavy (non-hydrogen) atoms. The van der Waals surface area contributed by atoms with Crippen molar-refractivity contribution in [3.05, 3.63) is 28.7 Å². The summed E-state index contributed by atoms with van der Waals surface area (Å²) in [4.78, 5) is 22.5. The Morgan fingerprint density at radius 1 is 1.47 bits per heavy atom. The molecule has 0 bridgehead atoms. The maximum atomic E-state index is 11.7. The maximum absolute atomic E-state index is 11.7. The number of hydrogen-bond acceptors (Lipinski definition) is 4. The van der Waals surface area contributed by atoms with Crippen LogP contribution >= 0.6 is 27.7 Å². The minimum atomic E-state index is -1.28. The van der Waals surface area contributed by atoms with Gasteiger partial charge in [0.15, 0.2) is 0 Å². The number of aliphatic carboxylic acids is 1. The third kappa shape index (κ3) is 5.98. The lowest BCUT2D eigenvalue weighted by Gasteiger charge is -2.19. The van der Waals surface area contributed by atoms with Gasteiger partial charge in [0.2, 0.25) is 0 Å². The van der Waals surface area contributed by atoms with Crippen LogP contribution in [0.1, 0.15) is 6.42 Å². The van der Waals surface area contributed by atoms with Crippen molar-refractivity contribution in [1.29, 1.82) is 0 Å². The molecule has 1 aromatic rings.